The summed E-state index contributed by atoms with van der Waals surface area (Å²) in [5.41, 5.74) is 4.48. The summed E-state index contributed by atoms with van der Waals surface area (Å²) in [6.07, 6.45) is 4.62. The summed E-state index contributed by atoms with van der Waals surface area (Å²) in [6.45, 7) is 0. The minimum absolute atomic E-state index is 0.0139. The largest absolute Gasteiger partial charge is 0.478 e. The average molecular weight is 493 g/mol. The SMILES string of the molecule is O=C(CSc1nnc(-c2ccncc2)n1-c1ccc(Cl)cc1)NN=Cc1ccccc1C(=O)O. The Kier molecular flexibility index (Phi) is 7.31. The van der Waals surface area contributed by atoms with Crippen LogP contribution in [0.1, 0.15) is 15.9 Å². The summed E-state index contributed by atoms with van der Waals surface area (Å²) >= 11 is 7.22. The zero-order chi connectivity index (χ0) is 23.9. The van der Waals surface area contributed by atoms with E-state index in [1.54, 1.807) is 42.7 Å². The fourth-order valence-electron chi connectivity index (χ4n) is 3.01. The number of carbonyl (C=O) groups is 2. The highest BCUT2D eigenvalue weighted by molar-refractivity contribution is 7.99. The topological polar surface area (TPSA) is 122 Å². The molecule has 4 aromatic rings. The molecule has 2 heterocycles. The highest BCUT2D eigenvalue weighted by atomic mass is 35.5. The third-order valence-electron chi connectivity index (χ3n) is 4.57. The zero-order valence-corrected chi connectivity index (χ0v) is 19.1. The van der Waals surface area contributed by atoms with E-state index in [-0.39, 0.29) is 17.2 Å². The fourth-order valence-corrected chi connectivity index (χ4v) is 3.89. The van der Waals surface area contributed by atoms with Crippen LogP contribution in [0.4, 0.5) is 0 Å². The van der Waals surface area contributed by atoms with Crippen molar-refractivity contribution in [1.82, 2.24) is 25.2 Å². The number of carboxylic acid groups (broad SMARTS) is 1. The predicted octanol–water partition coefficient (Wildman–Crippen LogP) is 3.92. The van der Waals surface area contributed by atoms with Crippen molar-refractivity contribution in [3.05, 3.63) is 89.2 Å². The number of halogens is 1. The molecule has 1 amide bonds. The van der Waals surface area contributed by atoms with E-state index >= 15 is 0 Å². The third kappa shape index (κ3) is 5.48. The maximum atomic E-state index is 12.3. The summed E-state index contributed by atoms with van der Waals surface area (Å²) in [4.78, 5) is 27.7. The van der Waals surface area contributed by atoms with E-state index in [0.717, 1.165) is 11.3 Å². The van der Waals surface area contributed by atoms with Gasteiger partial charge in [0.2, 0.25) is 0 Å². The molecule has 2 aromatic heterocycles. The first kappa shape index (κ1) is 23.1. The van der Waals surface area contributed by atoms with E-state index < -0.39 is 5.97 Å². The third-order valence-corrected chi connectivity index (χ3v) is 5.75. The van der Waals surface area contributed by atoms with Gasteiger partial charge in [0, 0.05) is 34.2 Å². The molecule has 0 bridgehead atoms. The summed E-state index contributed by atoms with van der Waals surface area (Å²) in [5.74, 6) is -0.850. The number of rotatable bonds is 8. The second-order valence-corrected chi connectivity index (χ2v) is 8.21. The Morgan fingerprint density at radius 2 is 1.79 bits per heavy atom. The molecule has 0 aliphatic heterocycles. The number of carbonyl (C=O) groups excluding carboxylic acids is 1. The lowest BCUT2D eigenvalue weighted by molar-refractivity contribution is -0.118. The lowest BCUT2D eigenvalue weighted by Crippen LogP contribution is -2.20. The van der Waals surface area contributed by atoms with Crippen molar-refractivity contribution in [2.75, 3.05) is 5.75 Å². The van der Waals surface area contributed by atoms with Gasteiger partial charge in [0.25, 0.3) is 5.91 Å². The van der Waals surface area contributed by atoms with Crippen LogP contribution in [0.3, 0.4) is 0 Å². The molecule has 0 saturated carbocycles. The molecule has 2 aromatic carbocycles. The second-order valence-electron chi connectivity index (χ2n) is 6.83. The Labute approximate surface area is 203 Å². The summed E-state index contributed by atoms with van der Waals surface area (Å²) in [6, 6.07) is 17.2. The Morgan fingerprint density at radius 1 is 1.06 bits per heavy atom. The van der Waals surface area contributed by atoms with Crippen LogP contribution in [0.2, 0.25) is 5.02 Å². The van der Waals surface area contributed by atoms with Crippen LogP contribution in [0.5, 0.6) is 0 Å². The molecule has 9 nitrogen and oxygen atoms in total. The van der Waals surface area contributed by atoms with Crippen molar-refractivity contribution in [3.8, 4) is 17.1 Å². The average Bonchev–Trinajstić information content (AvgIpc) is 3.28. The molecule has 0 aliphatic carbocycles. The molecule has 0 aliphatic rings. The minimum Gasteiger partial charge on any atom is -0.478 e. The lowest BCUT2D eigenvalue weighted by atomic mass is 10.1. The van der Waals surface area contributed by atoms with Crippen molar-refractivity contribution >= 4 is 41.5 Å². The first-order chi connectivity index (χ1) is 16.5. The summed E-state index contributed by atoms with van der Waals surface area (Å²) in [7, 11) is 0. The van der Waals surface area contributed by atoms with E-state index in [4.69, 9.17) is 11.6 Å². The van der Waals surface area contributed by atoms with Crippen molar-refractivity contribution in [3.63, 3.8) is 0 Å². The zero-order valence-electron chi connectivity index (χ0n) is 17.5. The van der Waals surface area contributed by atoms with Gasteiger partial charge in [-0.3, -0.25) is 14.3 Å². The van der Waals surface area contributed by atoms with Crippen LogP contribution >= 0.6 is 23.4 Å². The van der Waals surface area contributed by atoms with Gasteiger partial charge in [-0.05, 0) is 42.5 Å². The predicted molar refractivity (Wildman–Crippen MR) is 129 cm³/mol. The number of carboxylic acids is 1. The van der Waals surface area contributed by atoms with Crippen LogP contribution in [0, 0.1) is 0 Å². The molecule has 0 saturated heterocycles. The van der Waals surface area contributed by atoms with Gasteiger partial charge in [0.15, 0.2) is 11.0 Å². The first-order valence-corrected chi connectivity index (χ1v) is 11.3. The van der Waals surface area contributed by atoms with E-state index in [1.807, 2.05) is 28.8 Å². The van der Waals surface area contributed by atoms with E-state index in [9.17, 15) is 14.7 Å². The van der Waals surface area contributed by atoms with Gasteiger partial charge >= 0.3 is 5.97 Å². The number of hydrazone groups is 1. The number of amides is 1. The van der Waals surface area contributed by atoms with Crippen LogP contribution in [0.15, 0.2) is 83.3 Å². The Morgan fingerprint density at radius 3 is 2.53 bits per heavy atom. The van der Waals surface area contributed by atoms with E-state index in [0.29, 0.717) is 21.6 Å². The molecule has 4 rings (SSSR count). The molecular formula is C23H17ClN6O3S. The Balaban J connectivity index is 1.50. The summed E-state index contributed by atoms with van der Waals surface area (Å²) < 4.78 is 1.83. The second kappa shape index (κ2) is 10.7. The van der Waals surface area contributed by atoms with Crippen molar-refractivity contribution in [2.24, 2.45) is 5.10 Å². The smallest absolute Gasteiger partial charge is 0.336 e. The molecule has 0 radical (unpaired) electrons. The maximum Gasteiger partial charge on any atom is 0.336 e. The quantitative estimate of drug-likeness (QED) is 0.217. The number of thioether (sulfide) groups is 1. The molecule has 11 heteroatoms. The number of nitrogens with zero attached hydrogens (tertiary/aromatic N) is 5. The van der Waals surface area contributed by atoms with Gasteiger partial charge in [0.05, 0.1) is 17.5 Å². The molecule has 170 valence electrons. The summed E-state index contributed by atoms with van der Waals surface area (Å²) in [5, 5.41) is 22.8. The number of hydrogen-bond acceptors (Lipinski definition) is 7. The highest BCUT2D eigenvalue weighted by Crippen LogP contribution is 2.28. The van der Waals surface area contributed by atoms with Gasteiger partial charge in [-0.15, -0.1) is 10.2 Å². The number of hydrogen-bond donors (Lipinski definition) is 2. The normalized spacial score (nSPS) is 11.0. The van der Waals surface area contributed by atoms with Crippen LogP contribution in [-0.2, 0) is 4.79 Å². The number of benzene rings is 2. The molecule has 0 fully saturated rings. The number of nitrogens with one attached hydrogen (secondary N) is 1. The van der Waals surface area contributed by atoms with E-state index in [1.165, 1.54) is 24.0 Å². The molecular weight excluding hydrogens is 476 g/mol. The van der Waals surface area contributed by atoms with Crippen molar-refractivity contribution in [2.45, 2.75) is 5.16 Å². The highest BCUT2D eigenvalue weighted by Gasteiger charge is 2.17. The maximum absolute atomic E-state index is 12.3. The van der Waals surface area contributed by atoms with Gasteiger partial charge in [-0.1, -0.05) is 41.6 Å². The number of pyridine rings is 1. The standard InChI is InChI=1S/C23H17ClN6O3S/c24-17-5-7-18(8-6-17)30-21(15-9-11-25-12-10-15)28-29-23(30)34-14-20(31)27-26-13-16-3-1-2-4-19(16)22(32)33/h1-13H,14H2,(H,27,31)(H,32,33). The van der Waals surface area contributed by atoms with Gasteiger partial charge < -0.3 is 5.11 Å². The van der Waals surface area contributed by atoms with Gasteiger partial charge in [-0.2, -0.15) is 5.10 Å². The fraction of sp³-hybridized carbons (Fsp3) is 0.0435. The van der Waals surface area contributed by atoms with Crippen LogP contribution < -0.4 is 5.43 Å². The number of aromatic carboxylic acids is 1. The molecule has 0 spiro atoms. The van der Waals surface area contributed by atoms with Gasteiger partial charge in [0.1, 0.15) is 0 Å². The molecule has 0 atom stereocenters. The molecule has 2 N–H and O–H groups in total. The van der Waals surface area contributed by atoms with Crippen LogP contribution in [-0.4, -0.2) is 48.7 Å². The first-order valence-electron chi connectivity index (χ1n) is 9.91. The Bertz CT molecular complexity index is 1340. The molecule has 0 unspecified atom stereocenters. The monoisotopic (exact) mass is 492 g/mol. The van der Waals surface area contributed by atoms with Gasteiger partial charge in [-0.25, -0.2) is 10.2 Å². The molecule has 34 heavy (non-hydrogen) atoms. The van der Waals surface area contributed by atoms with Crippen LogP contribution in [0.25, 0.3) is 17.1 Å². The number of aromatic nitrogens is 4. The lowest BCUT2D eigenvalue weighted by Gasteiger charge is -2.10. The minimum atomic E-state index is -1.07. The Hall–Kier alpha value is -4.02. The van der Waals surface area contributed by atoms with Crippen molar-refractivity contribution in [1.29, 1.82) is 0 Å². The van der Waals surface area contributed by atoms with Crippen molar-refractivity contribution < 1.29 is 14.7 Å². The van der Waals surface area contributed by atoms with E-state index in [2.05, 4.69) is 25.7 Å².